The third-order valence-electron chi connectivity index (χ3n) is 4.36. The smallest absolute Gasteiger partial charge is 0.320 e. The molecule has 26 heavy (non-hydrogen) atoms. The van der Waals surface area contributed by atoms with Gasteiger partial charge in [-0.05, 0) is 23.1 Å². The summed E-state index contributed by atoms with van der Waals surface area (Å²) in [7, 11) is 2.56. The minimum Gasteiger partial charge on any atom is -0.468 e. The van der Waals surface area contributed by atoms with Crippen molar-refractivity contribution in [3.8, 4) is 0 Å². The van der Waals surface area contributed by atoms with Crippen molar-refractivity contribution in [3.63, 3.8) is 0 Å². The molecule has 0 aliphatic rings. The topological polar surface area (TPSA) is 52.6 Å². The van der Waals surface area contributed by atoms with Gasteiger partial charge in [-0.3, -0.25) is 9.59 Å². The zero-order valence-corrected chi connectivity index (χ0v) is 15.3. The summed E-state index contributed by atoms with van der Waals surface area (Å²) in [6.45, 7) is 1.94. The molecule has 0 amide bonds. The summed E-state index contributed by atoms with van der Waals surface area (Å²) in [6, 6.07) is 19.8. The number of allylic oxidation sites excluding steroid dienone is 1. The SMILES string of the molecule is CC[C@@H](C=C(c1ccccc1)c1ccccc1)C(C(=O)OC)C(=O)OC. The third kappa shape index (κ3) is 4.60. The number of hydrogen-bond acceptors (Lipinski definition) is 4. The molecule has 136 valence electrons. The van der Waals surface area contributed by atoms with Crippen LogP contribution in [-0.4, -0.2) is 26.2 Å². The summed E-state index contributed by atoms with van der Waals surface area (Å²) in [5.41, 5.74) is 3.01. The minimum absolute atomic E-state index is 0.342. The van der Waals surface area contributed by atoms with Gasteiger partial charge in [0, 0.05) is 5.92 Å². The lowest BCUT2D eigenvalue weighted by molar-refractivity contribution is -0.160. The second-order valence-corrected chi connectivity index (χ2v) is 5.91. The zero-order chi connectivity index (χ0) is 18.9. The molecule has 2 aromatic carbocycles. The van der Waals surface area contributed by atoms with E-state index in [1.54, 1.807) is 0 Å². The van der Waals surface area contributed by atoms with Crippen molar-refractivity contribution in [2.24, 2.45) is 11.8 Å². The third-order valence-corrected chi connectivity index (χ3v) is 4.36. The summed E-state index contributed by atoms with van der Waals surface area (Å²) in [5.74, 6) is -2.50. The Labute approximate surface area is 154 Å². The van der Waals surface area contributed by atoms with E-state index in [1.165, 1.54) is 14.2 Å². The standard InChI is InChI=1S/C22H24O4/c1-4-16(20(21(23)25-2)22(24)26-3)15-19(17-11-7-5-8-12-17)18-13-9-6-10-14-18/h5-16,20H,4H2,1-3H3/t16-/m0/s1. The van der Waals surface area contributed by atoms with Gasteiger partial charge < -0.3 is 9.47 Å². The van der Waals surface area contributed by atoms with Crippen LogP contribution >= 0.6 is 0 Å². The van der Waals surface area contributed by atoms with E-state index in [-0.39, 0.29) is 5.92 Å². The van der Waals surface area contributed by atoms with Gasteiger partial charge in [-0.2, -0.15) is 0 Å². The fraction of sp³-hybridized carbons (Fsp3) is 0.273. The second kappa shape index (κ2) is 9.56. The fourth-order valence-electron chi connectivity index (χ4n) is 2.96. The molecule has 0 saturated heterocycles. The number of rotatable bonds is 7. The van der Waals surface area contributed by atoms with Crippen LogP contribution in [0, 0.1) is 11.8 Å². The maximum Gasteiger partial charge on any atom is 0.320 e. The van der Waals surface area contributed by atoms with Crippen molar-refractivity contribution in [1.29, 1.82) is 0 Å². The van der Waals surface area contributed by atoms with Gasteiger partial charge in [0.1, 0.15) is 0 Å². The number of esters is 2. The molecule has 1 atom stereocenters. The Hall–Kier alpha value is -2.88. The maximum atomic E-state index is 12.2. The average Bonchev–Trinajstić information content (AvgIpc) is 2.71. The van der Waals surface area contributed by atoms with Gasteiger partial charge in [0.2, 0.25) is 0 Å². The van der Waals surface area contributed by atoms with Gasteiger partial charge in [-0.15, -0.1) is 0 Å². The summed E-state index contributed by atoms with van der Waals surface area (Å²) in [6.07, 6.45) is 2.57. The molecule has 0 heterocycles. The Kier molecular flexibility index (Phi) is 7.15. The minimum atomic E-state index is -0.988. The highest BCUT2D eigenvalue weighted by atomic mass is 16.5. The van der Waals surface area contributed by atoms with Crippen LogP contribution in [0.2, 0.25) is 0 Å². The molecule has 0 fully saturated rings. The molecule has 0 spiro atoms. The molecule has 0 aliphatic carbocycles. The van der Waals surface area contributed by atoms with Crippen molar-refractivity contribution in [3.05, 3.63) is 77.9 Å². The first-order chi connectivity index (χ1) is 12.6. The Morgan fingerprint density at radius 1 is 0.846 bits per heavy atom. The van der Waals surface area contributed by atoms with Crippen molar-refractivity contribution in [2.75, 3.05) is 14.2 Å². The largest absolute Gasteiger partial charge is 0.468 e. The normalized spacial score (nSPS) is 11.5. The summed E-state index contributed by atoms with van der Waals surface area (Å²) in [5, 5.41) is 0. The second-order valence-electron chi connectivity index (χ2n) is 5.91. The number of benzene rings is 2. The van der Waals surface area contributed by atoms with Crippen LogP contribution in [0.3, 0.4) is 0 Å². The maximum absolute atomic E-state index is 12.2. The van der Waals surface area contributed by atoms with E-state index >= 15 is 0 Å². The summed E-state index contributed by atoms with van der Waals surface area (Å²) < 4.78 is 9.68. The van der Waals surface area contributed by atoms with Crippen LogP contribution in [0.4, 0.5) is 0 Å². The molecule has 4 nitrogen and oxygen atoms in total. The lowest BCUT2D eigenvalue weighted by atomic mass is 9.85. The molecule has 0 unspecified atom stereocenters. The van der Waals surface area contributed by atoms with Gasteiger partial charge >= 0.3 is 11.9 Å². The number of hydrogen-bond donors (Lipinski definition) is 0. The quantitative estimate of drug-likeness (QED) is 0.556. The van der Waals surface area contributed by atoms with Gasteiger partial charge in [-0.1, -0.05) is 73.7 Å². The van der Waals surface area contributed by atoms with E-state index in [0.29, 0.717) is 6.42 Å². The average molecular weight is 352 g/mol. The van der Waals surface area contributed by atoms with Crippen LogP contribution in [0.5, 0.6) is 0 Å². The van der Waals surface area contributed by atoms with E-state index in [0.717, 1.165) is 16.7 Å². The van der Waals surface area contributed by atoms with Gasteiger partial charge in [-0.25, -0.2) is 0 Å². The monoisotopic (exact) mass is 352 g/mol. The molecule has 0 aromatic heterocycles. The number of ether oxygens (including phenoxy) is 2. The van der Waals surface area contributed by atoms with E-state index < -0.39 is 17.9 Å². The Morgan fingerprint density at radius 3 is 1.62 bits per heavy atom. The first-order valence-electron chi connectivity index (χ1n) is 8.60. The summed E-state index contributed by atoms with van der Waals surface area (Å²) >= 11 is 0. The van der Waals surface area contributed by atoms with Crippen molar-refractivity contribution >= 4 is 17.5 Å². The lowest BCUT2D eigenvalue weighted by Crippen LogP contribution is -2.32. The molecular formula is C22H24O4. The number of methoxy groups -OCH3 is 2. The molecule has 4 heteroatoms. The lowest BCUT2D eigenvalue weighted by Gasteiger charge is -2.21. The Balaban J connectivity index is 2.55. The van der Waals surface area contributed by atoms with E-state index in [4.69, 9.17) is 9.47 Å². The van der Waals surface area contributed by atoms with Crippen molar-refractivity contribution in [2.45, 2.75) is 13.3 Å². The molecule has 0 radical (unpaired) electrons. The highest BCUT2D eigenvalue weighted by Crippen LogP contribution is 2.29. The highest BCUT2D eigenvalue weighted by molar-refractivity contribution is 5.96. The molecule has 2 aromatic rings. The van der Waals surface area contributed by atoms with Crippen molar-refractivity contribution in [1.82, 2.24) is 0 Å². The predicted octanol–water partition coefficient (Wildman–Crippen LogP) is 4.11. The molecule has 0 N–H and O–H groups in total. The highest BCUT2D eigenvalue weighted by Gasteiger charge is 2.35. The Bertz CT molecular complexity index is 693. The molecule has 0 aliphatic heterocycles. The zero-order valence-electron chi connectivity index (χ0n) is 15.3. The summed E-state index contributed by atoms with van der Waals surface area (Å²) in [4.78, 5) is 24.4. The van der Waals surface area contributed by atoms with Gasteiger partial charge in [0.25, 0.3) is 0 Å². The predicted molar refractivity (Wildman–Crippen MR) is 101 cm³/mol. The van der Waals surface area contributed by atoms with E-state index in [1.807, 2.05) is 73.7 Å². The van der Waals surface area contributed by atoms with E-state index in [2.05, 4.69) is 0 Å². The number of carbonyl (C=O) groups excluding carboxylic acids is 2. The van der Waals surface area contributed by atoms with Crippen LogP contribution in [0.1, 0.15) is 24.5 Å². The van der Waals surface area contributed by atoms with Crippen LogP contribution in [-0.2, 0) is 19.1 Å². The van der Waals surface area contributed by atoms with Crippen LogP contribution in [0.15, 0.2) is 66.7 Å². The number of carbonyl (C=O) groups is 2. The van der Waals surface area contributed by atoms with Crippen LogP contribution in [0.25, 0.3) is 5.57 Å². The van der Waals surface area contributed by atoms with Crippen molar-refractivity contribution < 1.29 is 19.1 Å². The molecule has 0 saturated carbocycles. The Morgan fingerprint density at radius 2 is 1.27 bits per heavy atom. The van der Waals surface area contributed by atoms with Gasteiger partial charge in [0.05, 0.1) is 14.2 Å². The molecule has 2 rings (SSSR count). The molecule has 0 bridgehead atoms. The van der Waals surface area contributed by atoms with Gasteiger partial charge in [0.15, 0.2) is 5.92 Å². The van der Waals surface area contributed by atoms with E-state index in [9.17, 15) is 9.59 Å². The fourth-order valence-corrected chi connectivity index (χ4v) is 2.96. The van der Waals surface area contributed by atoms with Crippen LogP contribution < -0.4 is 0 Å². The molecular weight excluding hydrogens is 328 g/mol. The first kappa shape index (κ1) is 19.4. The first-order valence-corrected chi connectivity index (χ1v) is 8.60.